The normalized spacial score (nSPS) is 20.9. The Morgan fingerprint density at radius 1 is 0.938 bits per heavy atom. The molecule has 0 atom stereocenters. The van der Waals surface area contributed by atoms with E-state index in [4.69, 9.17) is 0 Å². The average Bonchev–Trinajstić information content (AvgIpc) is 2.39. The third-order valence-electron chi connectivity index (χ3n) is 3.51. The molecule has 0 unspecified atom stereocenters. The molecule has 0 radical (unpaired) electrons. The Balaban J connectivity index is 1.77. The van der Waals surface area contributed by atoms with Gasteiger partial charge < -0.3 is 5.01 Å². The van der Waals surface area contributed by atoms with Crippen LogP contribution in [0.25, 0.3) is 6.08 Å². The summed E-state index contributed by atoms with van der Waals surface area (Å²) in [6, 6.07) is 8.67. The second kappa shape index (κ2) is 4.30. The zero-order valence-electron chi connectivity index (χ0n) is 9.60. The van der Waals surface area contributed by atoms with Crippen LogP contribution in [0.4, 0.5) is 0 Å². The van der Waals surface area contributed by atoms with Gasteiger partial charge in [-0.3, -0.25) is 0 Å². The summed E-state index contributed by atoms with van der Waals surface area (Å²) in [5, 5.41) is 4.86. The van der Waals surface area contributed by atoms with Gasteiger partial charge in [-0.05, 0) is 30.0 Å². The molecule has 16 heavy (non-hydrogen) atoms. The molecule has 0 saturated carbocycles. The van der Waals surface area contributed by atoms with Crippen LogP contribution in [0.3, 0.4) is 0 Å². The van der Waals surface area contributed by atoms with Crippen LogP contribution in [0.5, 0.6) is 0 Å². The van der Waals surface area contributed by atoms with Crippen molar-refractivity contribution in [1.29, 1.82) is 0 Å². The highest BCUT2D eigenvalue weighted by Gasteiger charge is 2.18. The molecule has 2 heterocycles. The molecule has 2 nitrogen and oxygen atoms in total. The summed E-state index contributed by atoms with van der Waals surface area (Å²) in [4.78, 5) is 0. The first-order chi connectivity index (χ1) is 7.93. The van der Waals surface area contributed by atoms with Crippen LogP contribution in [0.15, 0.2) is 30.5 Å². The van der Waals surface area contributed by atoms with Crippen LogP contribution in [-0.4, -0.2) is 23.1 Å². The predicted molar refractivity (Wildman–Crippen MR) is 66.4 cm³/mol. The van der Waals surface area contributed by atoms with E-state index in [0.29, 0.717) is 0 Å². The summed E-state index contributed by atoms with van der Waals surface area (Å²) in [5.41, 5.74) is 2.81. The number of rotatable bonds is 1. The molecule has 84 valence electrons. The topological polar surface area (TPSA) is 6.48 Å². The molecule has 0 amide bonds. The molecular weight excluding hydrogens is 196 g/mol. The van der Waals surface area contributed by atoms with E-state index >= 15 is 0 Å². The highest BCUT2D eigenvalue weighted by Crippen LogP contribution is 2.22. The zero-order valence-corrected chi connectivity index (χ0v) is 9.60. The Morgan fingerprint density at radius 3 is 2.62 bits per heavy atom. The van der Waals surface area contributed by atoms with Crippen molar-refractivity contribution in [3.05, 3.63) is 41.6 Å². The van der Waals surface area contributed by atoms with Gasteiger partial charge >= 0.3 is 0 Å². The van der Waals surface area contributed by atoms with Gasteiger partial charge in [-0.15, -0.1) is 0 Å². The summed E-state index contributed by atoms with van der Waals surface area (Å²) < 4.78 is 0. The van der Waals surface area contributed by atoms with E-state index in [1.165, 1.54) is 43.5 Å². The van der Waals surface area contributed by atoms with Crippen LogP contribution in [0, 0.1) is 0 Å². The number of hydrazine groups is 1. The minimum atomic E-state index is 1.03. The quantitative estimate of drug-likeness (QED) is 0.709. The summed E-state index contributed by atoms with van der Waals surface area (Å²) in [6.45, 7) is 3.46. The fraction of sp³-hybridized carbons (Fsp3) is 0.429. The molecular formula is C14H18N2. The number of piperidine rings is 1. The van der Waals surface area contributed by atoms with Crippen LogP contribution in [-0.2, 0) is 6.54 Å². The number of nitrogens with zero attached hydrogens (tertiary/aromatic N) is 2. The number of fused-ring (bicyclic) bond motifs is 1. The van der Waals surface area contributed by atoms with E-state index in [2.05, 4.69) is 46.6 Å². The van der Waals surface area contributed by atoms with Crippen LogP contribution < -0.4 is 0 Å². The molecule has 0 bridgehead atoms. The predicted octanol–water partition coefficient (Wildman–Crippen LogP) is 2.87. The molecule has 1 aromatic carbocycles. The molecule has 0 spiro atoms. The zero-order chi connectivity index (χ0) is 10.8. The Bertz CT molecular complexity index is 391. The first-order valence-corrected chi connectivity index (χ1v) is 6.21. The van der Waals surface area contributed by atoms with Crippen molar-refractivity contribution in [2.45, 2.75) is 25.8 Å². The van der Waals surface area contributed by atoms with Gasteiger partial charge in [-0.25, -0.2) is 5.01 Å². The van der Waals surface area contributed by atoms with Crippen molar-refractivity contribution in [2.24, 2.45) is 0 Å². The maximum absolute atomic E-state index is 2.48. The summed E-state index contributed by atoms with van der Waals surface area (Å²) in [7, 11) is 0. The smallest absolute Gasteiger partial charge is 0.0596 e. The average molecular weight is 214 g/mol. The Hall–Kier alpha value is -1.28. The lowest BCUT2D eigenvalue weighted by molar-refractivity contribution is -0.00332. The molecule has 2 aliphatic heterocycles. The molecule has 2 heteroatoms. The van der Waals surface area contributed by atoms with Gasteiger partial charge in [0.1, 0.15) is 0 Å². The maximum atomic E-state index is 2.48. The first kappa shape index (κ1) is 9.91. The van der Waals surface area contributed by atoms with Crippen molar-refractivity contribution >= 4 is 6.08 Å². The van der Waals surface area contributed by atoms with E-state index in [0.717, 1.165) is 6.54 Å². The molecule has 0 aliphatic carbocycles. The van der Waals surface area contributed by atoms with Crippen molar-refractivity contribution in [3.8, 4) is 0 Å². The molecule has 1 saturated heterocycles. The van der Waals surface area contributed by atoms with E-state index in [1.54, 1.807) is 0 Å². The molecule has 0 N–H and O–H groups in total. The van der Waals surface area contributed by atoms with Gasteiger partial charge in [-0.2, -0.15) is 0 Å². The van der Waals surface area contributed by atoms with Gasteiger partial charge in [-0.1, -0.05) is 30.7 Å². The molecule has 1 fully saturated rings. The third kappa shape index (κ3) is 1.85. The van der Waals surface area contributed by atoms with Gasteiger partial charge in [0, 0.05) is 19.3 Å². The van der Waals surface area contributed by atoms with Crippen LogP contribution >= 0.6 is 0 Å². The standard InChI is InChI=1S/C14H18N2/c1-4-9-15(10-5-1)16-11-8-13-6-2-3-7-14(13)12-16/h2-3,6-8,11H,1,4-5,9-10,12H2. The van der Waals surface area contributed by atoms with E-state index < -0.39 is 0 Å². The fourth-order valence-electron chi connectivity index (χ4n) is 2.56. The van der Waals surface area contributed by atoms with E-state index in [-0.39, 0.29) is 0 Å². The van der Waals surface area contributed by atoms with Crippen molar-refractivity contribution in [1.82, 2.24) is 10.0 Å². The van der Waals surface area contributed by atoms with E-state index in [9.17, 15) is 0 Å². The first-order valence-electron chi connectivity index (χ1n) is 6.21. The minimum Gasteiger partial charge on any atom is -0.309 e. The van der Waals surface area contributed by atoms with Crippen molar-refractivity contribution in [2.75, 3.05) is 13.1 Å². The Labute approximate surface area is 97.1 Å². The second-order valence-corrected chi connectivity index (χ2v) is 4.63. The fourth-order valence-corrected chi connectivity index (χ4v) is 2.56. The maximum Gasteiger partial charge on any atom is 0.0596 e. The lowest BCUT2D eigenvalue weighted by Gasteiger charge is -2.38. The number of hydrogen-bond donors (Lipinski definition) is 0. The lowest BCUT2D eigenvalue weighted by Crippen LogP contribution is -2.42. The minimum absolute atomic E-state index is 1.03. The highest BCUT2D eigenvalue weighted by atomic mass is 15.6. The molecule has 1 aromatic rings. The summed E-state index contributed by atoms with van der Waals surface area (Å²) in [5.74, 6) is 0. The largest absolute Gasteiger partial charge is 0.309 e. The van der Waals surface area contributed by atoms with Gasteiger partial charge in [0.25, 0.3) is 0 Å². The van der Waals surface area contributed by atoms with Crippen molar-refractivity contribution < 1.29 is 0 Å². The van der Waals surface area contributed by atoms with Gasteiger partial charge in [0.2, 0.25) is 0 Å². The lowest BCUT2D eigenvalue weighted by atomic mass is 10.1. The molecule has 2 aliphatic rings. The van der Waals surface area contributed by atoms with Gasteiger partial charge in [0.15, 0.2) is 0 Å². The van der Waals surface area contributed by atoms with Crippen molar-refractivity contribution in [3.63, 3.8) is 0 Å². The van der Waals surface area contributed by atoms with Gasteiger partial charge in [0.05, 0.1) is 6.54 Å². The van der Waals surface area contributed by atoms with Crippen LogP contribution in [0.1, 0.15) is 30.4 Å². The summed E-state index contributed by atoms with van der Waals surface area (Å²) >= 11 is 0. The van der Waals surface area contributed by atoms with E-state index in [1.807, 2.05) is 0 Å². The molecule has 3 rings (SSSR count). The monoisotopic (exact) mass is 214 g/mol. The summed E-state index contributed by atoms with van der Waals surface area (Å²) in [6.07, 6.45) is 8.53. The molecule has 0 aromatic heterocycles. The highest BCUT2D eigenvalue weighted by molar-refractivity contribution is 5.55. The number of hydrogen-bond acceptors (Lipinski definition) is 2. The Kier molecular flexibility index (Phi) is 2.66. The van der Waals surface area contributed by atoms with Crippen LogP contribution in [0.2, 0.25) is 0 Å². The number of benzene rings is 1. The third-order valence-corrected chi connectivity index (χ3v) is 3.51. The Morgan fingerprint density at radius 2 is 1.75 bits per heavy atom. The SMILES string of the molecule is C1=CN(N2CCCCC2)Cc2ccccc21. The second-order valence-electron chi connectivity index (χ2n) is 4.63.